The van der Waals surface area contributed by atoms with Crippen molar-refractivity contribution in [3.8, 4) is 0 Å². The van der Waals surface area contributed by atoms with Crippen molar-refractivity contribution in [1.29, 1.82) is 0 Å². The average molecular weight is 260 g/mol. The summed E-state index contributed by atoms with van der Waals surface area (Å²) in [5, 5.41) is 0. The SMILES string of the molecule is CCC(N)C(c1ccc(C)cc1)N1CC(C)C(C)C1. The fraction of sp³-hybridized carbons (Fsp3) is 0.647. The van der Waals surface area contributed by atoms with Crippen LogP contribution < -0.4 is 5.73 Å². The van der Waals surface area contributed by atoms with E-state index >= 15 is 0 Å². The predicted octanol–water partition coefficient (Wildman–Crippen LogP) is 3.36. The quantitative estimate of drug-likeness (QED) is 0.899. The Bertz CT molecular complexity index is 388. The molecular weight excluding hydrogens is 232 g/mol. The molecule has 0 spiro atoms. The molecule has 19 heavy (non-hydrogen) atoms. The Morgan fingerprint density at radius 1 is 1.16 bits per heavy atom. The molecule has 1 fully saturated rings. The van der Waals surface area contributed by atoms with Crippen LogP contribution in [0.3, 0.4) is 0 Å². The van der Waals surface area contributed by atoms with E-state index in [4.69, 9.17) is 5.73 Å². The van der Waals surface area contributed by atoms with Crippen molar-refractivity contribution in [2.45, 2.75) is 46.2 Å². The molecular formula is C17H28N2. The highest BCUT2D eigenvalue weighted by Crippen LogP contribution is 2.33. The number of benzene rings is 1. The molecule has 1 aromatic rings. The maximum atomic E-state index is 6.42. The van der Waals surface area contributed by atoms with E-state index in [2.05, 4.69) is 56.9 Å². The van der Waals surface area contributed by atoms with Gasteiger partial charge in [0.1, 0.15) is 0 Å². The number of rotatable bonds is 4. The summed E-state index contributed by atoms with van der Waals surface area (Å²) in [5.74, 6) is 1.55. The van der Waals surface area contributed by atoms with Crippen LogP contribution >= 0.6 is 0 Å². The molecule has 2 rings (SSSR count). The van der Waals surface area contributed by atoms with E-state index in [9.17, 15) is 0 Å². The Morgan fingerprint density at radius 3 is 2.16 bits per heavy atom. The first kappa shape index (κ1) is 14.5. The van der Waals surface area contributed by atoms with E-state index < -0.39 is 0 Å². The van der Waals surface area contributed by atoms with Gasteiger partial charge in [0.15, 0.2) is 0 Å². The molecule has 1 saturated heterocycles. The van der Waals surface area contributed by atoms with Crippen molar-refractivity contribution < 1.29 is 0 Å². The number of nitrogens with two attached hydrogens (primary N) is 1. The van der Waals surface area contributed by atoms with Gasteiger partial charge in [-0.25, -0.2) is 0 Å². The van der Waals surface area contributed by atoms with Gasteiger partial charge in [0.25, 0.3) is 0 Å². The lowest BCUT2D eigenvalue weighted by Gasteiger charge is -2.33. The second-order valence-corrected chi connectivity index (χ2v) is 6.34. The highest BCUT2D eigenvalue weighted by Gasteiger charge is 2.34. The minimum absolute atomic E-state index is 0.222. The van der Waals surface area contributed by atoms with Crippen molar-refractivity contribution in [3.63, 3.8) is 0 Å². The summed E-state index contributed by atoms with van der Waals surface area (Å²) in [5.41, 5.74) is 9.11. The van der Waals surface area contributed by atoms with Gasteiger partial charge in [-0.05, 0) is 30.7 Å². The molecule has 1 aromatic carbocycles. The van der Waals surface area contributed by atoms with Crippen LogP contribution in [0.5, 0.6) is 0 Å². The monoisotopic (exact) mass is 260 g/mol. The molecule has 1 aliphatic heterocycles. The van der Waals surface area contributed by atoms with Crippen LogP contribution in [-0.2, 0) is 0 Å². The molecule has 0 saturated carbocycles. The summed E-state index contributed by atoms with van der Waals surface area (Å²) in [4.78, 5) is 2.59. The second-order valence-electron chi connectivity index (χ2n) is 6.34. The topological polar surface area (TPSA) is 29.3 Å². The lowest BCUT2D eigenvalue weighted by atomic mass is 9.96. The van der Waals surface area contributed by atoms with Gasteiger partial charge in [-0.2, -0.15) is 0 Å². The summed E-state index contributed by atoms with van der Waals surface area (Å²) >= 11 is 0. The van der Waals surface area contributed by atoms with Crippen LogP contribution in [0.2, 0.25) is 0 Å². The smallest absolute Gasteiger partial charge is 0.0499 e. The Balaban J connectivity index is 2.24. The van der Waals surface area contributed by atoms with E-state index in [1.165, 1.54) is 24.2 Å². The summed E-state index contributed by atoms with van der Waals surface area (Å²) < 4.78 is 0. The Morgan fingerprint density at radius 2 is 1.68 bits per heavy atom. The molecule has 2 N–H and O–H groups in total. The molecule has 2 heteroatoms. The van der Waals surface area contributed by atoms with E-state index in [-0.39, 0.29) is 6.04 Å². The van der Waals surface area contributed by atoms with E-state index in [0.717, 1.165) is 18.3 Å². The summed E-state index contributed by atoms with van der Waals surface area (Å²) in [7, 11) is 0. The van der Waals surface area contributed by atoms with Gasteiger partial charge in [0.2, 0.25) is 0 Å². The number of aryl methyl sites for hydroxylation is 1. The van der Waals surface area contributed by atoms with Gasteiger partial charge in [-0.3, -0.25) is 4.90 Å². The lowest BCUT2D eigenvalue weighted by Crippen LogP contribution is -2.40. The van der Waals surface area contributed by atoms with Crippen molar-refractivity contribution in [2.24, 2.45) is 17.6 Å². The van der Waals surface area contributed by atoms with Crippen LogP contribution in [0.25, 0.3) is 0 Å². The van der Waals surface area contributed by atoms with Gasteiger partial charge in [0.05, 0.1) is 0 Å². The van der Waals surface area contributed by atoms with Crippen LogP contribution in [0.1, 0.15) is 44.4 Å². The highest BCUT2D eigenvalue weighted by molar-refractivity contribution is 5.25. The van der Waals surface area contributed by atoms with Crippen LogP contribution in [-0.4, -0.2) is 24.0 Å². The zero-order valence-corrected chi connectivity index (χ0v) is 12.8. The molecule has 4 atom stereocenters. The van der Waals surface area contributed by atoms with Crippen molar-refractivity contribution in [3.05, 3.63) is 35.4 Å². The first-order valence-corrected chi connectivity index (χ1v) is 7.59. The number of hydrogen-bond acceptors (Lipinski definition) is 2. The Labute approximate surface area is 118 Å². The third kappa shape index (κ3) is 3.18. The molecule has 2 nitrogen and oxygen atoms in total. The van der Waals surface area contributed by atoms with Gasteiger partial charge in [-0.15, -0.1) is 0 Å². The average Bonchev–Trinajstić information content (AvgIpc) is 2.71. The molecule has 1 heterocycles. The minimum atomic E-state index is 0.222. The third-order valence-electron chi connectivity index (χ3n) is 4.71. The molecule has 0 aromatic heterocycles. The maximum Gasteiger partial charge on any atom is 0.0499 e. The molecule has 0 radical (unpaired) electrons. The van der Waals surface area contributed by atoms with Crippen molar-refractivity contribution in [1.82, 2.24) is 4.90 Å². The summed E-state index contributed by atoms with van der Waals surface area (Å²) in [6.07, 6.45) is 1.03. The summed E-state index contributed by atoms with van der Waals surface area (Å²) in [6, 6.07) is 9.51. The van der Waals surface area contributed by atoms with E-state index in [0.29, 0.717) is 6.04 Å². The van der Waals surface area contributed by atoms with Crippen LogP contribution in [0, 0.1) is 18.8 Å². The van der Waals surface area contributed by atoms with Gasteiger partial charge in [0, 0.05) is 25.2 Å². The largest absolute Gasteiger partial charge is 0.326 e. The predicted molar refractivity (Wildman–Crippen MR) is 82.1 cm³/mol. The van der Waals surface area contributed by atoms with E-state index in [1.807, 2.05) is 0 Å². The zero-order valence-electron chi connectivity index (χ0n) is 12.8. The van der Waals surface area contributed by atoms with Crippen molar-refractivity contribution >= 4 is 0 Å². The van der Waals surface area contributed by atoms with Gasteiger partial charge >= 0.3 is 0 Å². The van der Waals surface area contributed by atoms with Crippen LogP contribution in [0.15, 0.2) is 24.3 Å². The molecule has 0 aliphatic carbocycles. The first-order valence-electron chi connectivity index (χ1n) is 7.59. The summed E-state index contributed by atoms with van der Waals surface area (Å²) in [6.45, 7) is 11.4. The lowest BCUT2D eigenvalue weighted by molar-refractivity contribution is 0.200. The maximum absolute atomic E-state index is 6.42. The number of nitrogens with zero attached hydrogens (tertiary/aromatic N) is 1. The Hall–Kier alpha value is -0.860. The van der Waals surface area contributed by atoms with Gasteiger partial charge < -0.3 is 5.73 Å². The standard InChI is InChI=1S/C17H28N2/c1-5-16(18)17(15-8-6-12(2)7-9-15)19-10-13(3)14(4)11-19/h6-9,13-14,16-17H,5,10-11,18H2,1-4H3. The Kier molecular flexibility index (Phi) is 4.64. The minimum Gasteiger partial charge on any atom is -0.326 e. The molecule has 1 aliphatic rings. The molecule has 106 valence electrons. The molecule has 4 unspecified atom stereocenters. The second kappa shape index (κ2) is 6.06. The normalized spacial score (nSPS) is 27.4. The van der Waals surface area contributed by atoms with Crippen LogP contribution in [0.4, 0.5) is 0 Å². The zero-order chi connectivity index (χ0) is 14.0. The fourth-order valence-electron chi connectivity index (χ4n) is 3.12. The number of likely N-dealkylation sites (tertiary alicyclic amines) is 1. The third-order valence-corrected chi connectivity index (χ3v) is 4.71. The highest BCUT2D eigenvalue weighted by atomic mass is 15.2. The first-order chi connectivity index (χ1) is 9.02. The molecule has 0 bridgehead atoms. The molecule has 0 amide bonds. The van der Waals surface area contributed by atoms with E-state index in [1.54, 1.807) is 0 Å². The van der Waals surface area contributed by atoms with Crippen molar-refractivity contribution in [2.75, 3.05) is 13.1 Å². The van der Waals surface area contributed by atoms with Gasteiger partial charge in [-0.1, -0.05) is 50.6 Å². The number of hydrogen-bond donors (Lipinski definition) is 1. The fourth-order valence-corrected chi connectivity index (χ4v) is 3.12.